The zero-order valence-electron chi connectivity index (χ0n) is 13.9. The number of carbonyl (C=O) groups excluding carboxylic acids is 1. The molecule has 0 heterocycles. The van der Waals surface area contributed by atoms with Gasteiger partial charge in [0, 0.05) is 5.69 Å². The van der Waals surface area contributed by atoms with Gasteiger partial charge < -0.3 is 10.1 Å². The Morgan fingerprint density at radius 3 is 2.38 bits per heavy atom. The van der Waals surface area contributed by atoms with Gasteiger partial charge in [-0.3, -0.25) is 4.79 Å². The fourth-order valence-electron chi connectivity index (χ4n) is 2.37. The van der Waals surface area contributed by atoms with Gasteiger partial charge in [0.05, 0.1) is 11.3 Å². The van der Waals surface area contributed by atoms with E-state index in [4.69, 9.17) is 5.14 Å². The Labute approximate surface area is 150 Å². The summed E-state index contributed by atoms with van der Waals surface area (Å²) in [6, 6.07) is 10.1. The van der Waals surface area contributed by atoms with Crippen LogP contribution in [-0.4, -0.2) is 20.9 Å². The van der Waals surface area contributed by atoms with Crippen molar-refractivity contribution in [3.8, 4) is 5.75 Å². The molecule has 26 heavy (non-hydrogen) atoms. The molecular formula is C17H18F2N2O4S. The van der Waals surface area contributed by atoms with E-state index >= 15 is 0 Å². The molecule has 0 aliphatic carbocycles. The molecule has 0 radical (unpaired) electrons. The van der Waals surface area contributed by atoms with Crippen molar-refractivity contribution < 1.29 is 26.7 Å². The Morgan fingerprint density at radius 1 is 1.19 bits per heavy atom. The second kappa shape index (κ2) is 8.24. The molecule has 2 aromatic carbocycles. The number of benzene rings is 2. The smallest absolute Gasteiger partial charge is 0.387 e. The second-order valence-electron chi connectivity index (χ2n) is 5.47. The van der Waals surface area contributed by atoms with Crippen LogP contribution in [0, 0.1) is 0 Å². The molecule has 0 fully saturated rings. The van der Waals surface area contributed by atoms with Crippen LogP contribution in [-0.2, 0) is 27.7 Å². The summed E-state index contributed by atoms with van der Waals surface area (Å²) in [5.41, 5.74) is 1.44. The summed E-state index contributed by atoms with van der Waals surface area (Å²) in [4.78, 5) is 12.1. The first-order valence-corrected chi connectivity index (χ1v) is 9.23. The van der Waals surface area contributed by atoms with Crippen LogP contribution in [0.4, 0.5) is 14.5 Å². The molecule has 0 atom stereocenters. The molecule has 0 saturated heterocycles. The maximum Gasteiger partial charge on any atom is 0.387 e. The first-order chi connectivity index (χ1) is 12.2. The highest BCUT2D eigenvalue weighted by Crippen LogP contribution is 2.21. The molecule has 1 amide bonds. The number of hydrogen-bond donors (Lipinski definition) is 2. The average Bonchev–Trinajstić information content (AvgIpc) is 2.55. The summed E-state index contributed by atoms with van der Waals surface area (Å²) >= 11 is 0. The molecular weight excluding hydrogens is 366 g/mol. The fraction of sp³-hybridized carbons (Fsp3) is 0.235. The number of anilines is 1. The van der Waals surface area contributed by atoms with Gasteiger partial charge in [-0.2, -0.15) is 8.78 Å². The van der Waals surface area contributed by atoms with Gasteiger partial charge in [-0.05, 0) is 41.8 Å². The SMILES string of the molecule is CCc1ccc(NC(=O)Cc2ccc(OC(F)F)cc2)cc1S(N)(=O)=O. The van der Waals surface area contributed by atoms with E-state index in [-0.39, 0.29) is 17.1 Å². The minimum atomic E-state index is -3.90. The molecule has 2 rings (SSSR count). The number of halogens is 2. The highest BCUT2D eigenvalue weighted by molar-refractivity contribution is 7.89. The Kier molecular flexibility index (Phi) is 6.27. The Balaban J connectivity index is 2.08. The van der Waals surface area contributed by atoms with E-state index in [2.05, 4.69) is 10.1 Å². The number of hydrogen-bond acceptors (Lipinski definition) is 4. The first kappa shape index (κ1) is 19.8. The minimum absolute atomic E-state index is 0.00268. The van der Waals surface area contributed by atoms with Crippen molar-refractivity contribution in [3.63, 3.8) is 0 Å². The maximum atomic E-state index is 12.1. The molecule has 2 aromatic rings. The topological polar surface area (TPSA) is 98.5 Å². The minimum Gasteiger partial charge on any atom is -0.435 e. The summed E-state index contributed by atoms with van der Waals surface area (Å²) in [5, 5.41) is 7.79. The third-order valence-corrected chi connectivity index (χ3v) is 4.54. The summed E-state index contributed by atoms with van der Waals surface area (Å²) in [6.07, 6.45) is 0.461. The summed E-state index contributed by atoms with van der Waals surface area (Å²) < 4.78 is 51.7. The van der Waals surface area contributed by atoms with E-state index in [1.165, 1.54) is 30.3 Å². The lowest BCUT2D eigenvalue weighted by Gasteiger charge is -2.10. The van der Waals surface area contributed by atoms with E-state index in [1.54, 1.807) is 19.1 Å². The number of nitrogens with two attached hydrogens (primary N) is 1. The van der Waals surface area contributed by atoms with Crippen molar-refractivity contribution in [2.24, 2.45) is 5.14 Å². The molecule has 6 nitrogen and oxygen atoms in total. The number of rotatable bonds is 7. The Morgan fingerprint density at radius 2 is 1.85 bits per heavy atom. The quantitative estimate of drug-likeness (QED) is 0.767. The highest BCUT2D eigenvalue weighted by Gasteiger charge is 2.15. The van der Waals surface area contributed by atoms with Crippen LogP contribution in [0.1, 0.15) is 18.1 Å². The number of ether oxygens (including phenoxy) is 1. The lowest BCUT2D eigenvalue weighted by atomic mass is 10.1. The zero-order chi connectivity index (χ0) is 19.3. The molecule has 140 valence electrons. The second-order valence-corrected chi connectivity index (χ2v) is 7.00. The molecule has 0 spiro atoms. The third kappa shape index (κ3) is 5.50. The molecule has 0 bridgehead atoms. The highest BCUT2D eigenvalue weighted by atomic mass is 32.2. The van der Waals surface area contributed by atoms with Crippen molar-refractivity contribution >= 4 is 21.6 Å². The largest absolute Gasteiger partial charge is 0.435 e. The van der Waals surface area contributed by atoms with Crippen molar-refractivity contribution in [2.45, 2.75) is 31.3 Å². The van der Waals surface area contributed by atoms with Gasteiger partial charge in [0.2, 0.25) is 15.9 Å². The van der Waals surface area contributed by atoms with Crippen molar-refractivity contribution in [1.29, 1.82) is 0 Å². The van der Waals surface area contributed by atoms with Crippen molar-refractivity contribution in [1.82, 2.24) is 0 Å². The monoisotopic (exact) mass is 384 g/mol. The summed E-state index contributed by atoms with van der Waals surface area (Å²) in [7, 11) is -3.90. The normalized spacial score (nSPS) is 11.4. The molecule has 0 saturated carbocycles. The Hall–Kier alpha value is -2.52. The zero-order valence-corrected chi connectivity index (χ0v) is 14.7. The van der Waals surface area contributed by atoms with Gasteiger partial charge in [-0.25, -0.2) is 13.6 Å². The van der Waals surface area contributed by atoms with Gasteiger partial charge in [0.15, 0.2) is 0 Å². The predicted molar refractivity (Wildman–Crippen MR) is 92.6 cm³/mol. The standard InChI is InChI=1S/C17H18F2N2O4S/c1-2-12-5-6-13(10-15(12)26(20,23)24)21-16(22)9-11-3-7-14(8-4-11)25-17(18)19/h3-8,10,17H,2,9H2,1H3,(H,21,22)(H2,20,23,24). The van der Waals surface area contributed by atoms with E-state index in [0.29, 0.717) is 23.2 Å². The molecule has 0 unspecified atom stereocenters. The van der Waals surface area contributed by atoms with Crippen LogP contribution in [0.5, 0.6) is 5.75 Å². The molecule has 0 aromatic heterocycles. The van der Waals surface area contributed by atoms with Gasteiger partial charge in [-0.15, -0.1) is 0 Å². The number of amides is 1. The summed E-state index contributed by atoms with van der Waals surface area (Å²) in [6.45, 7) is -1.12. The lowest BCUT2D eigenvalue weighted by Crippen LogP contribution is -2.17. The third-order valence-electron chi connectivity index (χ3n) is 3.55. The number of alkyl halides is 2. The van der Waals surface area contributed by atoms with E-state index < -0.39 is 22.5 Å². The Bertz CT molecular complexity index is 884. The average molecular weight is 384 g/mol. The van der Waals surface area contributed by atoms with E-state index in [9.17, 15) is 22.0 Å². The maximum absolute atomic E-state index is 12.1. The number of nitrogens with one attached hydrogen (secondary N) is 1. The van der Waals surface area contributed by atoms with Crippen LogP contribution in [0.25, 0.3) is 0 Å². The first-order valence-electron chi connectivity index (χ1n) is 7.68. The van der Waals surface area contributed by atoms with Crippen LogP contribution in [0.2, 0.25) is 0 Å². The molecule has 3 N–H and O–H groups in total. The van der Waals surface area contributed by atoms with Crippen LogP contribution in [0.3, 0.4) is 0 Å². The fourth-order valence-corrected chi connectivity index (χ4v) is 3.24. The van der Waals surface area contributed by atoms with Gasteiger partial charge in [-0.1, -0.05) is 25.1 Å². The molecule has 0 aliphatic rings. The van der Waals surface area contributed by atoms with Crippen molar-refractivity contribution in [2.75, 3.05) is 5.32 Å². The number of sulfonamides is 1. The van der Waals surface area contributed by atoms with Crippen molar-refractivity contribution in [3.05, 3.63) is 53.6 Å². The van der Waals surface area contributed by atoms with Gasteiger partial charge in [0.25, 0.3) is 0 Å². The van der Waals surface area contributed by atoms with Gasteiger partial charge >= 0.3 is 6.61 Å². The van der Waals surface area contributed by atoms with Crippen LogP contribution in [0.15, 0.2) is 47.4 Å². The van der Waals surface area contributed by atoms with E-state index in [1.807, 2.05) is 0 Å². The van der Waals surface area contributed by atoms with E-state index in [0.717, 1.165) is 0 Å². The van der Waals surface area contributed by atoms with Gasteiger partial charge in [0.1, 0.15) is 5.75 Å². The number of aryl methyl sites for hydroxylation is 1. The van der Waals surface area contributed by atoms with Crippen LogP contribution >= 0.6 is 0 Å². The predicted octanol–water partition coefficient (Wildman–Crippen LogP) is 2.68. The number of primary sulfonamides is 1. The molecule has 0 aliphatic heterocycles. The van der Waals surface area contributed by atoms with Crippen LogP contribution < -0.4 is 15.2 Å². The summed E-state index contributed by atoms with van der Waals surface area (Å²) in [5.74, 6) is -0.394. The molecule has 9 heteroatoms. The number of carbonyl (C=O) groups is 1. The lowest BCUT2D eigenvalue weighted by molar-refractivity contribution is -0.115.